The van der Waals surface area contributed by atoms with E-state index < -0.39 is 0 Å². The summed E-state index contributed by atoms with van der Waals surface area (Å²) in [6.07, 6.45) is 4.29. The minimum atomic E-state index is -0.244. The van der Waals surface area contributed by atoms with Crippen LogP contribution in [0.3, 0.4) is 0 Å². The monoisotopic (exact) mass is 373 g/mol. The third-order valence-electron chi connectivity index (χ3n) is 5.11. The molecule has 1 saturated heterocycles. The lowest BCUT2D eigenvalue weighted by Gasteiger charge is -2.34. The Balaban J connectivity index is 1.39. The summed E-state index contributed by atoms with van der Waals surface area (Å²) < 4.78 is 0. The van der Waals surface area contributed by atoms with Crippen LogP contribution in [-0.4, -0.2) is 53.4 Å². The third-order valence-corrected chi connectivity index (χ3v) is 5.11. The first-order chi connectivity index (χ1) is 13.7. The maximum absolute atomic E-state index is 13.0. The van der Waals surface area contributed by atoms with Gasteiger partial charge in [-0.05, 0) is 11.6 Å². The molecule has 0 spiro atoms. The second-order valence-corrected chi connectivity index (χ2v) is 7.00. The number of nitrogens with one attached hydrogen (secondary N) is 1. The maximum atomic E-state index is 13.0. The topological polar surface area (TPSA) is 56.4 Å². The first kappa shape index (κ1) is 18.2. The summed E-state index contributed by atoms with van der Waals surface area (Å²) in [7, 11) is 0. The predicted octanol–water partition coefficient (Wildman–Crippen LogP) is 3.00. The van der Waals surface area contributed by atoms with Crippen molar-refractivity contribution in [3.8, 4) is 0 Å². The van der Waals surface area contributed by atoms with Crippen molar-refractivity contribution in [3.63, 3.8) is 0 Å². The standard InChI is InChI=1S/C23H23N3O2/c27-22-17-20(19-10-4-5-11-21(19)24-22)23(28)26-15-13-25(14-16-26)12-6-9-18-7-2-1-3-8-18/h1-11,17H,12-16H2,(H,24,27). The lowest BCUT2D eigenvalue weighted by Crippen LogP contribution is -2.48. The molecule has 0 aliphatic carbocycles. The highest BCUT2D eigenvalue weighted by molar-refractivity contribution is 6.05. The lowest BCUT2D eigenvalue weighted by atomic mass is 10.1. The van der Waals surface area contributed by atoms with Gasteiger partial charge in [-0.15, -0.1) is 0 Å². The SMILES string of the molecule is O=C(c1cc(=O)[nH]c2ccccc12)N1CCN(CC=Cc2ccccc2)CC1. The number of nitrogens with zero attached hydrogens (tertiary/aromatic N) is 2. The third kappa shape index (κ3) is 4.05. The number of amides is 1. The van der Waals surface area contributed by atoms with Gasteiger partial charge in [0.25, 0.3) is 5.91 Å². The van der Waals surface area contributed by atoms with Gasteiger partial charge in [0.2, 0.25) is 5.56 Å². The van der Waals surface area contributed by atoms with E-state index in [-0.39, 0.29) is 11.5 Å². The minimum absolute atomic E-state index is 0.0678. The van der Waals surface area contributed by atoms with E-state index in [9.17, 15) is 9.59 Å². The van der Waals surface area contributed by atoms with Crippen molar-refractivity contribution in [3.05, 3.63) is 88.2 Å². The minimum Gasteiger partial charge on any atom is -0.336 e. The van der Waals surface area contributed by atoms with Gasteiger partial charge in [-0.3, -0.25) is 14.5 Å². The van der Waals surface area contributed by atoms with Gasteiger partial charge in [0.15, 0.2) is 0 Å². The van der Waals surface area contributed by atoms with E-state index in [0.717, 1.165) is 25.0 Å². The molecule has 142 valence electrons. The van der Waals surface area contributed by atoms with Crippen LogP contribution in [0.4, 0.5) is 0 Å². The van der Waals surface area contributed by atoms with Crippen LogP contribution in [0, 0.1) is 0 Å². The van der Waals surface area contributed by atoms with Gasteiger partial charge < -0.3 is 9.88 Å². The molecule has 2 aromatic carbocycles. The van der Waals surface area contributed by atoms with Crippen LogP contribution in [0.25, 0.3) is 17.0 Å². The Morgan fingerprint density at radius 2 is 1.68 bits per heavy atom. The second kappa shape index (κ2) is 8.23. The molecular formula is C23H23N3O2. The van der Waals surface area contributed by atoms with E-state index in [4.69, 9.17) is 0 Å². The van der Waals surface area contributed by atoms with Crippen molar-refractivity contribution in [1.29, 1.82) is 0 Å². The normalized spacial score (nSPS) is 15.4. The van der Waals surface area contributed by atoms with Gasteiger partial charge in [0.05, 0.1) is 5.56 Å². The Hall–Kier alpha value is -3.18. The summed E-state index contributed by atoms with van der Waals surface area (Å²) in [6.45, 7) is 3.85. The number of hydrogen-bond acceptors (Lipinski definition) is 3. The molecule has 3 aromatic rings. The summed E-state index contributed by atoms with van der Waals surface area (Å²) in [4.78, 5) is 31.9. The van der Waals surface area contributed by atoms with Crippen molar-refractivity contribution in [1.82, 2.24) is 14.8 Å². The van der Waals surface area contributed by atoms with Crippen LogP contribution in [0.5, 0.6) is 0 Å². The highest BCUT2D eigenvalue weighted by Crippen LogP contribution is 2.17. The fourth-order valence-corrected chi connectivity index (χ4v) is 3.59. The Morgan fingerprint density at radius 1 is 0.964 bits per heavy atom. The van der Waals surface area contributed by atoms with Crippen LogP contribution in [0.1, 0.15) is 15.9 Å². The largest absolute Gasteiger partial charge is 0.336 e. The molecule has 1 aliphatic rings. The van der Waals surface area contributed by atoms with E-state index in [2.05, 4.69) is 34.2 Å². The van der Waals surface area contributed by atoms with E-state index in [1.54, 1.807) is 0 Å². The molecular weight excluding hydrogens is 350 g/mol. The maximum Gasteiger partial charge on any atom is 0.254 e. The molecule has 1 aliphatic heterocycles. The summed E-state index contributed by atoms with van der Waals surface area (Å²) in [5.74, 6) is -0.0678. The molecule has 28 heavy (non-hydrogen) atoms. The van der Waals surface area contributed by atoms with E-state index >= 15 is 0 Å². The Labute approximate surface area is 163 Å². The first-order valence-electron chi connectivity index (χ1n) is 9.56. The van der Waals surface area contributed by atoms with Gasteiger partial charge in [0.1, 0.15) is 0 Å². The number of pyridine rings is 1. The van der Waals surface area contributed by atoms with Crippen LogP contribution < -0.4 is 5.56 Å². The summed E-state index contributed by atoms with van der Waals surface area (Å²) in [6, 6.07) is 19.1. The Morgan fingerprint density at radius 3 is 2.46 bits per heavy atom. The van der Waals surface area contributed by atoms with Crippen LogP contribution in [-0.2, 0) is 0 Å². The highest BCUT2D eigenvalue weighted by atomic mass is 16.2. The number of benzene rings is 2. The number of fused-ring (bicyclic) bond motifs is 1. The average Bonchev–Trinajstić information content (AvgIpc) is 2.74. The number of aromatic amines is 1. The van der Waals surface area contributed by atoms with Crippen molar-refractivity contribution in [2.75, 3.05) is 32.7 Å². The van der Waals surface area contributed by atoms with E-state index in [0.29, 0.717) is 24.2 Å². The molecule has 5 heteroatoms. The summed E-state index contributed by atoms with van der Waals surface area (Å²) >= 11 is 0. The molecule has 5 nitrogen and oxygen atoms in total. The van der Waals surface area contributed by atoms with Gasteiger partial charge >= 0.3 is 0 Å². The molecule has 0 atom stereocenters. The van der Waals surface area contributed by atoms with Crippen molar-refractivity contribution in [2.24, 2.45) is 0 Å². The zero-order chi connectivity index (χ0) is 19.3. The number of hydrogen-bond donors (Lipinski definition) is 1. The number of H-pyrrole nitrogens is 1. The smallest absolute Gasteiger partial charge is 0.254 e. The molecule has 0 bridgehead atoms. The summed E-state index contributed by atoms with van der Waals surface area (Å²) in [5, 5.41) is 0.792. The van der Waals surface area contributed by atoms with Gasteiger partial charge in [0, 0.05) is 49.7 Å². The van der Waals surface area contributed by atoms with Crippen LogP contribution >= 0.6 is 0 Å². The molecule has 1 amide bonds. The number of aromatic nitrogens is 1. The molecule has 0 unspecified atom stereocenters. The number of carbonyl (C=O) groups excluding carboxylic acids is 1. The quantitative estimate of drug-likeness (QED) is 0.765. The Bertz CT molecular complexity index is 1050. The highest BCUT2D eigenvalue weighted by Gasteiger charge is 2.23. The van der Waals surface area contributed by atoms with E-state index in [1.165, 1.54) is 11.6 Å². The molecule has 1 N–H and O–H groups in total. The van der Waals surface area contributed by atoms with Crippen molar-refractivity contribution >= 4 is 22.9 Å². The number of piperazine rings is 1. The molecule has 1 fully saturated rings. The molecule has 0 saturated carbocycles. The number of carbonyl (C=O) groups is 1. The zero-order valence-corrected chi connectivity index (χ0v) is 15.7. The van der Waals surface area contributed by atoms with Crippen molar-refractivity contribution < 1.29 is 4.79 Å². The second-order valence-electron chi connectivity index (χ2n) is 7.00. The zero-order valence-electron chi connectivity index (χ0n) is 15.7. The molecule has 4 rings (SSSR count). The van der Waals surface area contributed by atoms with Gasteiger partial charge in [-0.25, -0.2) is 0 Å². The van der Waals surface area contributed by atoms with E-state index in [1.807, 2.05) is 47.4 Å². The first-order valence-corrected chi connectivity index (χ1v) is 9.56. The molecule has 0 radical (unpaired) electrons. The van der Waals surface area contributed by atoms with Gasteiger partial charge in [-0.1, -0.05) is 60.7 Å². The number of rotatable bonds is 4. The van der Waals surface area contributed by atoms with Gasteiger partial charge in [-0.2, -0.15) is 0 Å². The fraction of sp³-hybridized carbons (Fsp3) is 0.217. The lowest BCUT2D eigenvalue weighted by molar-refractivity contribution is 0.0652. The van der Waals surface area contributed by atoms with Crippen molar-refractivity contribution in [2.45, 2.75) is 0 Å². The fourth-order valence-electron chi connectivity index (χ4n) is 3.59. The average molecular weight is 373 g/mol. The molecule has 2 heterocycles. The predicted molar refractivity (Wildman–Crippen MR) is 112 cm³/mol. The number of para-hydroxylation sites is 1. The Kier molecular flexibility index (Phi) is 5.35. The van der Waals surface area contributed by atoms with Crippen LogP contribution in [0.15, 0.2) is 71.5 Å². The summed E-state index contributed by atoms with van der Waals surface area (Å²) in [5.41, 5.74) is 2.13. The van der Waals surface area contributed by atoms with Crippen LogP contribution in [0.2, 0.25) is 0 Å². The molecule has 1 aromatic heterocycles.